The average molecular weight is 290 g/mol. The number of halogens is 1. The van der Waals surface area contributed by atoms with Crippen molar-refractivity contribution in [3.05, 3.63) is 54.1 Å². The fraction of sp³-hybridized carbons (Fsp3) is 0.0714. The summed E-state index contributed by atoms with van der Waals surface area (Å²) >= 11 is 0. The largest absolute Gasteiger partial charge is 0.452 e. The lowest BCUT2D eigenvalue weighted by Gasteiger charge is -2.01. The van der Waals surface area contributed by atoms with Gasteiger partial charge in [0, 0.05) is 12.1 Å². The van der Waals surface area contributed by atoms with E-state index in [1.165, 1.54) is 36.6 Å². The van der Waals surface area contributed by atoms with Crippen molar-refractivity contribution in [3.63, 3.8) is 0 Å². The summed E-state index contributed by atoms with van der Waals surface area (Å²) in [7, 11) is 0. The van der Waals surface area contributed by atoms with E-state index in [9.17, 15) is 14.0 Å². The van der Waals surface area contributed by atoms with Crippen LogP contribution in [0.25, 0.3) is 6.08 Å². The number of rotatable bonds is 5. The van der Waals surface area contributed by atoms with Crippen LogP contribution >= 0.6 is 0 Å². The quantitative estimate of drug-likeness (QED) is 0.673. The maximum absolute atomic E-state index is 12.9. The van der Waals surface area contributed by atoms with E-state index in [1.807, 2.05) is 0 Å². The SMILES string of the molecule is O=C(COC(=O)/C=C/c1cccc(F)c1)Nc1ccon1. The number of nitrogens with zero attached hydrogens (tertiary/aromatic N) is 1. The number of hydrogen-bond acceptors (Lipinski definition) is 5. The molecule has 6 nitrogen and oxygen atoms in total. The standard InChI is InChI=1S/C14H11FN2O4/c15-11-3-1-2-10(8-11)4-5-14(19)20-9-13(18)16-12-6-7-21-17-12/h1-8H,9H2,(H,16,17,18)/b5-4+. The van der Waals surface area contributed by atoms with Gasteiger partial charge >= 0.3 is 5.97 Å². The van der Waals surface area contributed by atoms with Crippen molar-refractivity contribution in [2.75, 3.05) is 11.9 Å². The van der Waals surface area contributed by atoms with Gasteiger partial charge in [-0.05, 0) is 23.8 Å². The summed E-state index contributed by atoms with van der Waals surface area (Å²) in [6.07, 6.45) is 3.79. The summed E-state index contributed by atoms with van der Waals surface area (Å²) in [5, 5.41) is 5.83. The summed E-state index contributed by atoms with van der Waals surface area (Å²) < 4.78 is 22.1. The molecule has 0 aliphatic heterocycles. The summed E-state index contributed by atoms with van der Waals surface area (Å²) in [6, 6.07) is 7.16. The van der Waals surface area contributed by atoms with Gasteiger partial charge < -0.3 is 14.6 Å². The average Bonchev–Trinajstić information content (AvgIpc) is 2.96. The Morgan fingerprint density at radius 1 is 1.38 bits per heavy atom. The number of nitrogens with one attached hydrogen (secondary N) is 1. The Balaban J connectivity index is 1.78. The van der Waals surface area contributed by atoms with Gasteiger partial charge in [-0.1, -0.05) is 17.3 Å². The predicted octanol–water partition coefficient (Wildman–Crippen LogP) is 2.01. The molecule has 108 valence electrons. The third kappa shape index (κ3) is 4.90. The van der Waals surface area contributed by atoms with Gasteiger partial charge in [0.25, 0.3) is 5.91 Å². The van der Waals surface area contributed by atoms with Crippen molar-refractivity contribution in [3.8, 4) is 0 Å². The molecule has 0 fully saturated rings. The summed E-state index contributed by atoms with van der Waals surface area (Å²) in [5.74, 6) is -1.44. The summed E-state index contributed by atoms with van der Waals surface area (Å²) in [6.45, 7) is -0.459. The molecular weight excluding hydrogens is 279 g/mol. The van der Waals surface area contributed by atoms with Gasteiger partial charge in [-0.2, -0.15) is 0 Å². The van der Waals surface area contributed by atoms with Gasteiger partial charge in [0.15, 0.2) is 12.4 Å². The lowest BCUT2D eigenvalue weighted by atomic mass is 10.2. The highest BCUT2D eigenvalue weighted by atomic mass is 19.1. The Kier molecular flexibility index (Phi) is 4.81. The first-order valence-electron chi connectivity index (χ1n) is 5.94. The molecule has 2 rings (SSSR count). The Bertz CT molecular complexity index is 653. The number of ether oxygens (including phenoxy) is 1. The summed E-state index contributed by atoms with van der Waals surface area (Å²) in [4.78, 5) is 22.8. The zero-order chi connectivity index (χ0) is 15.1. The van der Waals surface area contributed by atoms with E-state index in [0.717, 1.165) is 6.08 Å². The van der Waals surface area contributed by atoms with Crippen LogP contribution < -0.4 is 5.32 Å². The number of esters is 1. The highest BCUT2D eigenvalue weighted by molar-refractivity contribution is 5.93. The van der Waals surface area contributed by atoms with Crippen molar-refractivity contribution >= 4 is 23.8 Å². The molecule has 0 spiro atoms. The van der Waals surface area contributed by atoms with Crippen LogP contribution in [0, 0.1) is 5.82 Å². The van der Waals surface area contributed by atoms with Crippen LogP contribution in [0.15, 0.2) is 47.2 Å². The van der Waals surface area contributed by atoms with Crippen molar-refractivity contribution in [1.82, 2.24) is 5.16 Å². The molecule has 2 aromatic rings. The van der Waals surface area contributed by atoms with Crippen molar-refractivity contribution in [2.45, 2.75) is 0 Å². The number of amides is 1. The van der Waals surface area contributed by atoms with Crippen LogP contribution in [0.4, 0.5) is 10.2 Å². The van der Waals surface area contributed by atoms with Crippen LogP contribution in [0.3, 0.4) is 0 Å². The topological polar surface area (TPSA) is 81.4 Å². The molecule has 1 aromatic heterocycles. The number of aromatic nitrogens is 1. The highest BCUT2D eigenvalue weighted by Crippen LogP contribution is 2.05. The van der Waals surface area contributed by atoms with E-state index in [1.54, 1.807) is 6.07 Å². The summed E-state index contributed by atoms with van der Waals surface area (Å²) in [5.41, 5.74) is 0.513. The lowest BCUT2D eigenvalue weighted by molar-refractivity contribution is -0.142. The number of anilines is 1. The van der Waals surface area contributed by atoms with E-state index in [-0.39, 0.29) is 5.82 Å². The first-order chi connectivity index (χ1) is 10.1. The van der Waals surface area contributed by atoms with Crippen molar-refractivity contribution in [2.24, 2.45) is 0 Å². The predicted molar refractivity (Wildman–Crippen MR) is 71.5 cm³/mol. The van der Waals surface area contributed by atoms with Crippen LogP contribution in [-0.2, 0) is 14.3 Å². The zero-order valence-corrected chi connectivity index (χ0v) is 10.8. The molecule has 1 heterocycles. The molecule has 0 bridgehead atoms. The molecule has 0 radical (unpaired) electrons. The van der Waals surface area contributed by atoms with E-state index < -0.39 is 24.3 Å². The second kappa shape index (κ2) is 6.99. The smallest absolute Gasteiger partial charge is 0.331 e. The molecule has 21 heavy (non-hydrogen) atoms. The van der Waals surface area contributed by atoms with Gasteiger partial charge in [-0.25, -0.2) is 9.18 Å². The van der Waals surface area contributed by atoms with Crippen molar-refractivity contribution < 1.29 is 23.2 Å². The van der Waals surface area contributed by atoms with Crippen LogP contribution in [-0.4, -0.2) is 23.6 Å². The molecule has 7 heteroatoms. The normalized spacial score (nSPS) is 10.5. The zero-order valence-electron chi connectivity index (χ0n) is 10.8. The highest BCUT2D eigenvalue weighted by Gasteiger charge is 2.07. The Morgan fingerprint density at radius 2 is 2.24 bits per heavy atom. The molecule has 0 saturated carbocycles. The molecule has 1 N–H and O–H groups in total. The molecule has 0 atom stereocenters. The van der Waals surface area contributed by atoms with Crippen LogP contribution in [0.2, 0.25) is 0 Å². The minimum Gasteiger partial charge on any atom is -0.452 e. The van der Waals surface area contributed by atoms with Crippen LogP contribution in [0.1, 0.15) is 5.56 Å². The molecule has 1 amide bonds. The number of benzene rings is 1. The fourth-order valence-corrected chi connectivity index (χ4v) is 1.42. The maximum Gasteiger partial charge on any atom is 0.331 e. The molecule has 0 saturated heterocycles. The van der Waals surface area contributed by atoms with Gasteiger partial charge in [0.05, 0.1) is 0 Å². The maximum atomic E-state index is 12.9. The van der Waals surface area contributed by atoms with Crippen LogP contribution in [0.5, 0.6) is 0 Å². The second-order valence-corrected chi connectivity index (χ2v) is 3.93. The molecule has 0 aliphatic carbocycles. The van der Waals surface area contributed by atoms with Gasteiger partial charge in [-0.15, -0.1) is 0 Å². The van der Waals surface area contributed by atoms with Crippen molar-refractivity contribution in [1.29, 1.82) is 0 Å². The molecule has 0 aliphatic rings. The first kappa shape index (κ1) is 14.4. The molecule has 1 aromatic carbocycles. The van der Waals surface area contributed by atoms with E-state index in [2.05, 4.69) is 15.0 Å². The van der Waals surface area contributed by atoms with E-state index in [0.29, 0.717) is 5.56 Å². The number of carbonyl (C=O) groups excluding carboxylic acids is 2. The minimum atomic E-state index is -0.713. The Hall–Kier alpha value is -2.96. The number of carbonyl (C=O) groups is 2. The minimum absolute atomic E-state index is 0.228. The third-order valence-corrected chi connectivity index (χ3v) is 2.31. The second-order valence-electron chi connectivity index (χ2n) is 3.93. The number of hydrogen-bond donors (Lipinski definition) is 1. The Labute approximate surface area is 119 Å². The van der Waals surface area contributed by atoms with Gasteiger partial charge in [0.1, 0.15) is 12.1 Å². The fourth-order valence-electron chi connectivity index (χ4n) is 1.42. The monoisotopic (exact) mass is 290 g/mol. The molecule has 0 unspecified atom stereocenters. The van der Waals surface area contributed by atoms with E-state index >= 15 is 0 Å². The Morgan fingerprint density at radius 3 is 2.95 bits per heavy atom. The first-order valence-corrected chi connectivity index (χ1v) is 5.94. The van der Waals surface area contributed by atoms with Gasteiger partial charge in [0.2, 0.25) is 0 Å². The lowest BCUT2D eigenvalue weighted by Crippen LogP contribution is -2.20. The van der Waals surface area contributed by atoms with E-state index in [4.69, 9.17) is 4.74 Å². The third-order valence-electron chi connectivity index (χ3n) is 2.31. The van der Waals surface area contributed by atoms with Gasteiger partial charge in [-0.3, -0.25) is 4.79 Å². The molecular formula is C14H11FN2O4.